The lowest BCUT2D eigenvalue weighted by Crippen LogP contribution is -2.40. The summed E-state index contributed by atoms with van der Waals surface area (Å²) in [7, 11) is 3.08. The van der Waals surface area contributed by atoms with Crippen molar-refractivity contribution in [3.63, 3.8) is 0 Å². The highest BCUT2D eigenvalue weighted by Gasteiger charge is 2.26. The largest absolute Gasteiger partial charge is 0.496 e. The lowest BCUT2D eigenvalue weighted by molar-refractivity contribution is 0.0653. The molecule has 0 bridgehead atoms. The average Bonchev–Trinajstić information content (AvgIpc) is 2.69. The molecular formula is C18H21BrN4O4. The van der Waals surface area contributed by atoms with E-state index in [4.69, 9.17) is 9.47 Å². The van der Waals surface area contributed by atoms with E-state index < -0.39 is 0 Å². The Balaban J connectivity index is 1.57. The maximum Gasteiger partial charge on any atom is 0.316 e. The van der Waals surface area contributed by atoms with E-state index in [1.165, 1.54) is 23.9 Å². The number of hydrogen-bond donors (Lipinski definition) is 0. The number of carbonyl (C=O) groups excluding carboxylic acids is 1. The summed E-state index contributed by atoms with van der Waals surface area (Å²) < 4.78 is 13.0. The molecule has 0 radical (unpaired) electrons. The fourth-order valence-corrected chi connectivity index (χ4v) is 3.19. The average molecular weight is 437 g/mol. The molecule has 0 aromatic carbocycles. The molecule has 1 saturated heterocycles. The highest BCUT2D eigenvalue weighted by Crippen LogP contribution is 2.23. The number of carbonyl (C=O) groups is 1. The van der Waals surface area contributed by atoms with E-state index in [1.54, 1.807) is 24.3 Å². The highest BCUT2D eigenvalue weighted by atomic mass is 79.9. The maximum absolute atomic E-state index is 12.8. The Morgan fingerprint density at radius 3 is 2.59 bits per heavy atom. The van der Waals surface area contributed by atoms with Crippen molar-refractivity contribution in [3.05, 3.63) is 45.0 Å². The van der Waals surface area contributed by atoms with Crippen LogP contribution in [0.5, 0.6) is 11.8 Å². The summed E-state index contributed by atoms with van der Waals surface area (Å²) >= 11 is 3.29. The minimum Gasteiger partial charge on any atom is -0.496 e. The number of ether oxygens (including phenoxy) is 2. The van der Waals surface area contributed by atoms with Gasteiger partial charge in [0.25, 0.3) is 11.5 Å². The Kier molecular flexibility index (Phi) is 6.10. The summed E-state index contributed by atoms with van der Waals surface area (Å²) in [6.07, 6.45) is 6.48. The van der Waals surface area contributed by atoms with Gasteiger partial charge in [0.2, 0.25) is 0 Å². The normalized spacial score (nSPS) is 14.9. The van der Waals surface area contributed by atoms with Gasteiger partial charge < -0.3 is 18.9 Å². The second-order valence-corrected chi connectivity index (χ2v) is 7.35. The van der Waals surface area contributed by atoms with Gasteiger partial charge in [0.1, 0.15) is 5.75 Å². The number of hydrogen-bond acceptors (Lipinski definition) is 6. The van der Waals surface area contributed by atoms with Gasteiger partial charge in [-0.2, -0.15) is 0 Å². The second-order valence-electron chi connectivity index (χ2n) is 6.44. The molecule has 0 unspecified atom stereocenters. The minimum atomic E-state index is -0.214. The third kappa shape index (κ3) is 4.65. The molecule has 9 heteroatoms. The van der Waals surface area contributed by atoms with Crippen molar-refractivity contribution in [3.8, 4) is 11.8 Å². The third-order valence-electron chi connectivity index (χ3n) is 4.59. The fourth-order valence-electron chi connectivity index (χ4n) is 2.98. The van der Waals surface area contributed by atoms with Crippen LogP contribution in [-0.4, -0.2) is 52.1 Å². The number of aromatic nitrogens is 3. The zero-order valence-corrected chi connectivity index (χ0v) is 16.8. The fraction of sp³-hybridized carbons (Fsp3) is 0.444. The molecule has 0 N–H and O–H groups in total. The van der Waals surface area contributed by atoms with Crippen LogP contribution in [0.2, 0.25) is 0 Å². The van der Waals surface area contributed by atoms with E-state index in [1.807, 2.05) is 0 Å². The van der Waals surface area contributed by atoms with Gasteiger partial charge in [-0.1, -0.05) is 0 Å². The smallest absolute Gasteiger partial charge is 0.316 e. The number of likely N-dealkylation sites (tertiary alicyclic amines) is 1. The van der Waals surface area contributed by atoms with Crippen LogP contribution in [0.15, 0.2) is 33.9 Å². The molecule has 144 valence electrons. The predicted molar refractivity (Wildman–Crippen MR) is 102 cm³/mol. The van der Waals surface area contributed by atoms with Crippen molar-refractivity contribution in [2.75, 3.05) is 26.8 Å². The Labute approximate surface area is 165 Å². The van der Waals surface area contributed by atoms with E-state index in [-0.39, 0.29) is 11.5 Å². The number of methoxy groups -OCH3 is 1. The molecule has 0 spiro atoms. The van der Waals surface area contributed by atoms with Crippen LogP contribution >= 0.6 is 15.9 Å². The molecule has 1 amide bonds. The number of piperidine rings is 1. The molecular weight excluding hydrogens is 416 g/mol. The van der Waals surface area contributed by atoms with E-state index in [0.717, 1.165) is 17.3 Å². The molecule has 2 aromatic rings. The zero-order valence-electron chi connectivity index (χ0n) is 15.2. The number of rotatable bonds is 5. The molecule has 3 rings (SSSR count). The maximum atomic E-state index is 12.8. The summed E-state index contributed by atoms with van der Waals surface area (Å²) in [5, 5.41) is 0. The van der Waals surface area contributed by atoms with Crippen LogP contribution in [0.1, 0.15) is 23.2 Å². The monoisotopic (exact) mass is 436 g/mol. The first-order valence-electron chi connectivity index (χ1n) is 8.62. The van der Waals surface area contributed by atoms with Crippen LogP contribution in [0.4, 0.5) is 0 Å². The quantitative estimate of drug-likeness (QED) is 0.710. The van der Waals surface area contributed by atoms with Crippen molar-refractivity contribution >= 4 is 21.8 Å². The van der Waals surface area contributed by atoms with Crippen molar-refractivity contribution in [1.82, 2.24) is 19.4 Å². The van der Waals surface area contributed by atoms with Gasteiger partial charge in [-0.3, -0.25) is 9.59 Å². The Bertz CT molecular complexity index is 861. The number of aryl methyl sites for hydroxylation is 1. The first-order valence-corrected chi connectivity index (χ1v) is 9.41. The van der Waals surface area contributed by atoms with Crippen LogP contribution in [0.25, 0.3) is 0 Å². The van der Waals surface area contributed by atoms with E-state index >= 15 is 0 Å². The van der Waals surface area contributed by atoms with Crippen molar-refractivity contribution in [1.29, 1.82) is 0 Å². The van der Waals surface area contributed by atoms with Crippen molar-refractivity contribution < 1.29 is 14.3 Å². The lowest BCUT2D eigenvalue weighted by Gasteiger charge is -2.32. The SMILES string of the molecule is COc1cc(=O)n(C)cc1C(=O)N1CCC(COc2ncc(Br)cn2)CC1. The van der Waals surface area contributed by atoms with Gasteiger partial charge in [0.05, 0.1) is 23.8 Å². The Hall–Kier alpha value is -2.42. The molecule has 27 heavy (non-hydrogen) atoms. The second kappa shape index (κ2) is 8.51. The van der Waals surface area contributed by atoms with Gasteiger partial charge in [0.15, 0.2) is 0 Å². The Morgan fingerprint density at radius 1 is 1.30 bits per heavy atom. The summed E-state index contributed by atoms with van der Waals surface area (Å²) in [4.78, 5) is 34.5. The first-order chi connectivity index (χ1) is 13.0. The molecule has 0 atom stereocenters. The third-order valence-corrected chi connectivity index (χ3v) is 5.00. The summed E-state index contributed by atoms with van der Waals surface area (Å²) in [6, 6.07) is 1.69. The topological polar surface area (TPSA) is 86.5 Å². The summed E-state index contributed by atoms with van der Waals surface area (Å²) in [5.74, 6) is 0.516. The first kappa shape index (κ1) is 19.3. The molecule has 0 saturated carbocycles. The molecule has 3 heterocycles. The molecule has 1 aliphatic rings. The van der Waals surface area contributed by atoms with Gasteiger partial charge >= 0.3 is 6.01 Å². The lowest BCUT2D eigenvalue weighted by atomic mass is 9.97. The van der Waals surface area contributed by atoms with Crippen molar-refractivity contribution in [2.45, 2.75) is 12.8 Å². The number of halogens is 1. The number of amides is 1. The van der Waals surface area contributed by atoms with Crippen LogP contribution in [-0.2, 0) is 7.05 Å². The number of nitrogens with zero attached hydrogens (tertiary/aromatic N) is 4. The molecule has 1 aliphatic heterocycles. The van der Waals surface area contributed by atoms with Gasteiger partial charge in [-0.15, -0.1) is 0 Å². The zero-order chi connectivity index (χ0) is 19.4. The summed E-state index contributed by atoms with van der Waals surface area (Å²) in [5.41, 5.74) is 0.187. The highest BCUT2D eigenvalue weighted by molar-refractivity contribution is 9.10. The van der Waals surface area contributed by atoms with Crippen LogP contribution in [0.3, 0.4) is 0 Å². The van der Waals surface area contributed by atoms with Gasteiger partial charge in [0, 0.05) is 44.8 Å². The molecule has 1 fully saturated rings. The number of pyridine rings is 1. The Morgan fingerprint density at radius 2 is 1.96 bits per heavy atom. The standard InChI is InChI=1S/C18H21BrN4O4/c1-22-10-14(15(26-2)7-16(22)24)17(25)23-5-3-12(4-6-23)11-27-18-20-8-13(19)9-21-18/h7-10,12H,3-6,11H2,1-2H3. The van der Waals surface area contributed by atoms with Gasteiger partial charge in [-0.25, -0.2) is 9.97 Å². The minimum absolute atomic E-state index is 0.127. The molecule has 8 nitrogen and oxygen atoms in total. The summed E-state index contributed by atoms with van der Waals surface area (Å²) in [6.45, 7) is 1.77. The van der Waals surface area contributed by atoms with E-state index in [2.05, 4.69) is 25.9 Å². The predicted octanol–water partition coefficient (Wildman–Crippen LogP) is 1.88. The van der Waals surface area contributed by atoms with Crippen LogP contribution in [0, 0.1) is 5.92 Å². The molecule has 2 aromatic heterocycles. The van der Waals surface area contributed by atoms with Crippen molar-refractivity contribution in [2.24, 2.45) is 13.0 Å². The van der Waals surface area contributed by atoms with E-state index in [9.17, 15) is 9.59 Å². The molecule has 0 aliphatic carbocycles. The van der Waals surface area contributed by atoms with E-state index in [0.29, 0.717) is 42.9 Å². The van der Waals surface area contributed by atoms with Gasteiger partial charge in [-0.05, 0) is 34.7 Å². The van der Waals surface area contributed by atoms with Crippen LogP contribution < -0.4 is 15.0 Å².